The Morgan fingerprint density at radius 2 is 2.08 bits per heavy atom. The minimum absolute atomic E-state index is 0.0829. The predicted octanol–water partition coefficient (Wildman–Crippen LogP) is 3.27. The number of Topliss-reactive ketones (excluding diaryl/α,β-unsaturated/α-hetero) is 1. The molecule has 1 amide bonds. The standard InChI is InChI=1S/C20H15N3O3/c1-21-14-3-4-16-13(10-14)11-17(23-16)18(24)9-12-2-5-19-15(8-12)20(25)22-6-7-26-19/h2-5,8,10-11,23H,6-7,9H2,(H,22,25). The maximum Gasteiger partial charge on any atom is 0.255 e. The Bertz CT molecular complexity index is 1080. The van der Waals surface area contributed by atoms with E-state index in [1.54, 1.807) is 42.5 Å². The highest BCUT2D eigenvalue weighted by Gasteiger charge is 2.18. The number of amides is 1. The van der Waals surface area contributed by atoms with E-state index in [9.17, 15) is 9.59 Å². The minimum atomic E-state index is -0.191. The maximum absolute atomic E-state index is 12.6. The molecule has 1 aromatic heterocycles. The lowest BCUT2D eigenvalue weighted by molar-refractivity contribution is 0.0953. The van der Waals surface area contributed by atoms with Crippen molar-refractivity contribution in [3.8, 4) is 5.75 Å². The van der Waals surface area contributed by atoms with Crippen LogP contribution in [0.1, 0.15) is 26.4 Å². The Morgan fingerprint density at radius 3 is 2.92 bits per heavy atom. The van der Waals surface area contributed by atoms with E-state index >= 15 is 0 Å². The average molecular weight is 345 g/mol. The number of rotatable bonds is 3. The first-order valence-corrected chi connectivity index (χ1v) is 8.21. The summed E-state index contributed by atoms with van der Waals surface area (Å²) in [6.45, 7) is 7.96. The van der Waals surface area contributed by atoms with Crippen molar-refractivity contribution >= 4 is 28.3 Å². The molecule has 2 aromatic carbocycles. The summed E-state index contributed by atoms with van der Waals surface area (Å²) in [5.74, 6) is 0.262. The number of aromatic nitrogens is 1. The molecule has 26 heavy (non-hydrogen) atoms. The van der Waals surface area contributed by atoms with Gasteiger partial charge < -0.3 is 15.0 Å². The molecule has 0 fully saturated rings. The lowest BCUT2D eigenvalue weighted by Crippen LogP contribution is -2.24. The molecule has 0 spiro atoms. The van der Waals surface area contributed by atoms with E-state index in [4.69, 9.17) is 11.3 Å². The van der Waals surface area contributed by atoms with E-state index in [1.165, 1.54) is 0 Å². The number of nitrogens with one attached hydrogen (secondary N) is 2. The van der Waals surface area contributed by atoms with Gasteiger partial charge in [0.05, 0.1) is 24.4 Å². The number of carbonyl (C=O) groups excluding carboxylic acids is 2. The smallest absolute Gasteiger partial charge is 0.255 e. The van der Waals surface area contributed by atoms with Crippen molar-refractivity contribution in [1.82, 2.24) is 10.3 Å². The van der Waals surface area contributed by atoms with Crippen LogP contribution in [0.3, 0.4) is 0 Å². The third kappa shape index (κ3) is 2.91. The van der Waals surface area contributed by atoms with E-state index in [-0.39, 0.29) is 18.1 Å². The molecule has 128 valence electrons. The summed E-state index contributed by atoms with van der Waals surface area (Å²) in [6, 6.07) is 12.2. The van der Waals surface area contributed by atoms with E-state index in [2.05, 4.69) is 15.1 Å². The first kappa shape index (κ1) is 15.9. The van der Waals surface area contributed by atoms with Crippen molar-refractivity contribution < 1.29 is 14.3 Å². The fourth-order valence-electron chi connectivity index (χ4n) is 3.03. The number of carbonyl (C=O) groups is 2. The molecule has 0 atom stereocenters. The molecule has 0 saturated carbocycles. The molecule has 3 aromatic rings. The van der Waals surface area contributed by atoms with Crippen molar-refractivity contribution in [2.75, 3.05) is 13.2 Å². The number of nitrogens with zero attached hydrogens (tertiary/aromatic N) is 1. The molecule has 6 nitrogen and oxygen atoms in total. The number of hydrogen-bond acceptors (Lipinski definition) is 3. The summed E-state index contributed by atoms with van der Waals surface area (Å²) in [5, 5.41) is 3.59. The number of hydrogen-bond donors (Lipinski definition) is 2. The molecule has 1 aliphatic rings. The Kier molecular flexibility index (Phi) is 3.90. The third-order valence-electron chi connectivity index (χ3n) is 4.33. The van der Waals surface area contributed by atoms with Gasteiger partial charge in [0.1, 0.15) is 12.4 Å². The van der Waals surface area contributed by atoms with Gasteiger partial charge in [-0.1, -0.05) is 12.1 Å². The van der Waals surface area contributed by atoms with E-state index < -0.39 is 0 Å². The van der Waals surface area contributed by atoms with Gasteiger partial charge >= 0.3 is 0 Å². The van der Waals surface area contributed by atoms with Crippen molar-refractivity contribution in [1.29, 1.82) is 0 Å². The van der Waals surface area contributed by atoms with Gasteiger partial charge in [-0.2, -0.15) is 0 Å². The number of ketones is 1. The molecule has 0 bridgehead atoms. The second kappa shape index (κ2) is 6.37. The lowest BCUT2D eigenvalue weighted by atomic mass is 10.0. The zero-order valence-electron chi connectivity index (χ0n) is 13.8. The number of benzene rings is 2. The molecule has 4 rings (SSSR count). The predicted molar refractivity (Wildman–Crippen MR) is 96.9 cm³/mol. The maximum atomic E-state index is 12.6. The number of ether oxygens (including phenoxy) is 1. The van der Waals surface area contributed by atoms with Crippen LogP contribution in [0.5, 0.6) is 5.75 Å². The summed E-state index contributed by atoms with van der Waals surface area (Å²) in [4.78, 5) is 31.2. The second-order valence-electron chi connectivity index (χ2n) is 6.10. The van der Waals surface area contributed by atoms with Crippen LogP contribution in [-0.2, 0) is 6.42 Å². The van der Waals surface area contributed by atoms with E-state index in [0.717, 1.165) is 16.5 Å². The summed E-state index contributed by atoms with van der Waals surface area (Å²) >= 11 is 0. The molecule has 0 aliphatic carbocycles. The lowest BCUT2D eigenvalue weighted by Gasteiger charge is -2.07. The monoisotopic (exact) mass is 345 g/mol. The molecule has 2 N–H and O–H groups in total. The van der Waals surface area contributed by atoms with Crippen LogP contribution in [0.25, 0.3) is 15.7 Å². The van der Waals surface area contributed by atoms with Gasteiger partial charge in [-0.15, -0.1) is 0 Å². The molecule has 6 heteroatoms. The van der Waals surface area contributed by atoms with Crippen LogP contribution < -0.4 is 10.1 Å². The highest BCUT2D eigenvalue weighted by atomic mass is 16.5. The Balaban J connectivity index is 1.60. The van der Waals surface area contributed by atoms with E-state index in [1.807, 2.05) is 0 Å². The van der Waals surface area contributed by atoms with Gasteiger partial charge in [0.15, 0.2) is 11.5 Å². The van der Waals surface area contributed by atoms with Crippen LogP contribution >= 0.6 is 0 Å². The highest BCUT2D eigenvalue weighted by molar-refractivity contribution is 6.02. The molecule has 0 unspecified atom stereocenters. The van der Waals surface area contributed by atoms with Gasteiger partial charge in [0.2, 0.25) is 0 Å². The quantitative estimate of drug-likeness (QED) is 0.565. The first-order valence-electron chi connectivity index (χ1n) is 8.21. The van der Waals surface area contributed by atoms with Crippen molar-refractivity contribution in [2.45, 2.75) is 6.42 Å². The topological polar surface area (TPSA) is 75.5 Å². The van der Waals surface area contributed by atoms with E-state index in [0.29, 0.717) is 35.8 Å². The summed E-state index contributed by atoms with van der Waals surface area (Å²) in [5.41, 5.74) is 3.03. The zero-order chi connectivity index (χ0) is 18.1. The number of aromatic amines is 1. The molecular weight excluding hydrogens is 330 g/mol. The largest absolute Gasteiger partial charge is 0.491 e. The van der Waals surface area contributed by atoms with Crippen LogP contribution in [0.2, 0.25) is 0 Å². The van der Waals surface area contributed by atoms with Crippen LogP contribution in [0.15, 0.2) is 42.5 Å². The van der Waals surface area contributed by atoms with Crippen molar-refractivity contribution in [3.05, 3.63) is 70.7 Å². The number of H-pyrrole nitrogens is 1. The highest BCUT2D eigenvalue weighted by Crippen LogP contribution is 2.24. The van der Waals surface area contributed by atoms with Crippen LogP contribution in [0, 0.1) is 6.57 Å². The fraction of sp³-hybridized carbons (Fsp3) is 0.150. The van der Waals surface area contributed by atoms with Crippen molar-refractivity contribution in [3.63, 3.8) is 0 Å². The first-order chi connectivity index (χ1) is 12.6. The molecule has 2 heterocycles. The summed E-state index contributed by atoms with van der Waals surface area (Å²) < 4.78 is 5.53. The fourth-order valence-corrected chi connectivity index (χ4v) is 3.03. The Morgan fingerprint density at radius 1 is 1.19 bits per heavy atom. The molecular formula is C20H15N3O3. The normalized spacial score (nSPS) is 13.3. The van der Waals surface area contributed by atoms with Gasteiger partial charge in [-0.25, -0.2) is 4.85 Å². The number of fused-ring (bicyclic) bond motifs is 2. The van der Waals surface area contributed by atoms with Crippen LogP contribution in [-0.4, -0.2) is 29.8 Å². The Labute approximate surface area is 149 Å². The van der Waals surface area contributed by atoms with Gasteiger partial charge in [0, 0.05) is 11.9 Å². The second-order valence-corrected chi connectivity index (χ2v) is 6.10. The minimum Gasteiger partial charge on any atom is -0.491 e. The van der Waals surface area contributed by atoms with Crippen molar-refractivity contribution in [2.24, 2.45) is 0 Å². The van der Waals surface area contributed by atoms with Gasteiger partial charge in [-0.3, -0.25) is 9.59 Å². The average Bonchev–Trinajstić information content (AvgIpc) is 3.00. The van der Waals surface area contributed by atoms with Crippen LogP contribution in [0.4, 0.5) is 5.69 Å². The van der Waals surface area contributed by atoms with Gasteiger partial charge in [0.25, 0.3) is 5.91 Å². The molecule has 0 saturated heterocycles. The van der Waals surface area contributed by atoms with Gasteiger partial charge in [-0.05, 0) is 41.3 Å². The Hall–Kier alpha value is -3.59. The summed E-state index contributed by atoms with van der Waals surface area (Å²) in [6.07, 6.45) is 0.170. The zero-order valence-corrected chi connectivity index (χ0v) is 13.8. The molecule has 1 aliphatic heterocycles. The summed E-state index contributed by atoms with van der Waals surface area (Å²) in [7, 11) is 0. The molecule has 0 radical (unpaired) electrons. The third-order valence-corrected chi connectivity index (χ3v) is 4.33. The SMILES string of the molecule is [C-]#[N+]c1ccc2[nH]c(C(=O)Cc3ccc4c(c3)C(=O)NCCO4)cc2c1.